The molecule has 0 atom stereocenters. The fourth-order valence-corrected chi connectivity index (χ4v) is 2.61. The average molecular weight is 351 g/mol. The number of nitrogens with zero attached hydrogens (tertiary/aromatic N) is 3. The first kappa shape index (κ1) is 14.9. The third-order valence-electron chi connectivity index (χ3n) is 1.93. The lowest BCUT2D eigenvalue weighted by Crippen LogP contribution is -2.05. The molecule has 2 amide bonds. The highest BCUT2D eigenvalue weighted by Crippen LogP contribution is 2.28. The molecule has 0 radical (unpaired) electrons. The van der Waals surface area contributed by atoms with Crippen LogP contribution in [0.4, 0.5) is 9.93 Å². The number of thiazole rings is 1. The van der Waals surface area contributed by atoms with Crippen LogP contribution in [0.5, 0.6) is 0 Å². The van der Waals surface area contributed by atoms with Gasteiger partial charge in [-0.05, 0) is 12.1 Å². The molecule has 0 unspecified atom stereocenters. The number of anilines is 1. The molecule has 11 heteroatoms. The molecule has 0 aromatic carbocycles. The van der Waals surface area contributed by atoms with Gasteiger partial charge in [-0.25, -0.2) is 14.8 Å². The SMILES string of the molecule is O=C(N=S(=O)=O)Nc1nc(-c2cc(Cl)nc(Cl)c2)cs1. The van der Waals surface area contributed by atoms with E-state index in [1.807, 2.05) is 0 Å². The van der Waals surface area contributed by atoms with E-state index in [0.29, 0.717) is 11.3 Å². The van der Waals surface area contributed by atoms with Crippen LogP contribution in [0.2, 0.25) is 10.3 Å². The van der Waals surface area contributed by atoms with E-state index in [-0.39, 0.29) is 15.4 Å². The van der Waals surface area contributed by atoms with Crippen molar-refractivity contribution in [1.29, 1.82) is 0 Å². The average Bonchev–Trinajstić information content (AvgIpc) is 2.74. The molecule has 0 aliphatic heterocycles. The molecule has 0 aliphatic rings. The number of aromatic nitrogens is 2. The van der Waals surface area contributed by atoms with Gasteiger partial charge in [0, 0.05) is 10.9 Å². The molecule has 1 N–H and O–H groups in total. The lowest BCUT2D eigenvalue weighted by molar-refractivity contribution is 0.260. The van der Waals surface area contributed by atoms with E-state index in [2.05, 4.69) is 19.6 Å². The van der Waals surface area contributed by atoms with E-state index in [4.69, 9.17) is 23.2 Å². The fraction of sp³-hybridized carbons (Fsp3) is 0. The maximum atomic E-state index is 11.1. The second kappa shape index (κ2) is 6.27. The van der Waals surface area contributed by atoms with Gasteiger partial charge in [0.1, 0.15) is 10.3 Å². The molecule has 104 valence electrons. The van der Waals surface area contributed by atoms with Crippen molar-refractivity contribution >= 4 is 56.2 Å². The highest BCUT2D eigenvalue weighted by atomic mass is 35.5. The van der Waals surface area contributed by atoms with Gasteiger partial charge in [-0.1, -0.05) is 27.6 Å². The molecule has 2 aromatic rings. The number of halogens is 2. The van der Waals surface area contributed by atoms with Gasteiger partial charge >= 0.3 is 16.5 Å². The zero-order valence-electron chi connectivity index (χ0n) is 9.37. The molecule has 0 saturated heterocycles. The molecule has 2 aromatic heterocycles. The number of amides is 2. The van der Waals surface area contributed by atoms with Crippen LogP contribution in [0.1, 0.15) is 0 Å². The van der Waals surface area contributed by atoms with Crippen LogP contribution in [-0.4, -0.2) is 24.4 Å². The van der Waals surface area contributed by atoms with E-state index >= 15 is 0 Å². The van der Waals surface area contributed by atoms with Crippen LogP contribution >= 0.6 is 34.5 Å². The molecule has 7 nitrogen and oxygen atoms in total. The van der Waals surface area contributed by atoms with Crippen molar-refractivity contribution in [2.75, 3.05) is 5.32 Å². The van der Waals surface area contributed by atoms with Crippen LogP contribution in [0, 0.1) is 0 Å². The normalized spacial score (nSPS) is 10.1. The van der Waals surface area contributed by atoms with E-state index < -0.39 is 16.5 Å². The molecule has 0 saturated carbocycles. The van der Waals surface area contributed by atoms with Crippen molar-refractivity contribution in [2.24, 2.45) is 4.36 Å². The molecular weight excluding hydrogens is 347 g/mol. The Balaban J connectivity index is 2.25. The number of carbonyl (C=O) groups is 1. The minimum absolute atomic E-state index is 0.197. The van der Waals surface area contributed by atoms with Gasteiger partial charge in [-0.15, -0.1) is 11.3 Å². The predicted molar refractivity (Wildman–Crippen MR) is 75.7 cm³/mol. The van der Waals surface area contributed by atoms with Gasteiger partial charge in [-0.3, -0.25) is 5.32 Å². The molecule has 0 spiro atoms. The summed E-state index contributed by atoms with van der Waals surface area (Å²) >= 11 is 12.7. The van der Waals surface area contributed by atoms with Gasteiger partial charge in [0.2, 0.25) is 0 Å². The quantitative estimate of drug-likeness (QED) is 0.838. The summed E-state index contributed by atoms with van der Waals surface area (Å²) in [5, 5.41) is 4.48. The second-order valence-corrected chi connectivity index (χ2v) is 5.53. The Kier molecular flexibility index (Phi) is 4.65. The molecular formula is C9H4Cl2N4O3S2. The molecule has 0 fully saturated rings. The topological polar surface area (TPSA) is 101 Å². The van der Waals surface area contributed by atoms with Crippen molar-refractivity contribution in [3.05, 3.63) is 27.8 Å². The lowest BCUT2D eigenvalue weighted by Gasteiger charge is -1.98. The van der Waals surface area contributed by atoms with Gasteiger partial charge in [0.05, 0.1) is 5.69 Å². The Labute approximate surface area is 128 Å². The van der Waals surface area contributed by atoms with E-state index in [1.165, 1.54) is 0 Å². The van der Waals surface area contributed by atoms with Crippen LogP contribution in [0.15, 0.2) is 21.9 Å². The van der Waals surface area contributed by atoms with E-state index in [0.717, 1.165) is 11.3 Å². The third-order valence-corrected chi connectivity index (χ3v) is 3.39. The monoisotopic (exact) mass is 350 g/mol. The Hall–Kier alpha value is -1.55. The number of pyridine rings is 1. The second-order valence-electron chi connectivity index (χ2n) is 3.28. The van der Waals surface area contributed by atoms with Crippen LogP contribution in [0.3, 0.4) is 0 Å². The predicted octanol–water partition coefficient (Wildman–Crippen LogP) is 3.11. The van der Waals surface area contributed by atoms with Crippen molar-refractivity contribution in [3.63, 3.8) is 0 Å². The Bertz CT molecular complexity index is 775. The smallest absolute Gasteiger partial charge is 0.281 e. The maximum absolute atomic E-state index is 11.1. The first-order valence-electron chi connectivity index (χ1n) is 4.85. The zero-order chi connectivity index (χ0) is 14.7. The molecule has 0 bridgehead atoms. The van der Waals surface area contributed by atoms with Crippen LogP contribution in [-0.2, 0) is 10.5 Å². The highest BCUT2D eigenvalue weighted by molar-refractivity contribution is 7.62. The number of carbonyl (C=O) groups excluding carboxylic acids is 1. The summed E-state index contributed by atoms with van der Waals surface area (Å²) in [6, 6.07) is 2.10. The summed E-state index contributed by atoms with van der Waals surface area (Å²) in [7, 11) is -2.81. The van der Waals surface area contributed by atoms with Crippen LogP contribution < -0.4 is 5.32 Å². The highest BCUT2D eigenvalue weighted by Gasteiger charge is 2.09. The summed E-state index contributed by atoms with van der Waals surface area (Å²) in [5.41, 5.74) is 1.14. The Morgan fingerprint density at radius 3 is 2.50 bits per heavy atom. The largest absolute Gasteiger partial charge is 0.362 e. The molecule has 0 aliphatic carbocycles. The van der Waals surface area contributed by atoms with E-state index in [9.17, 15) is 13.2 Å². The number of urea groups is 1. The van der Waals surface area contributed by atoms with Gasteiger partial charge in [0.15, 0.2) is 5.13 Å². The minimum Gasteiger partial charge on any atom is -0.281 e. The third kappa shape index (κ3) is 3.97. The Morgan fingerprint density at radius 1 is 1.25 bits per heavy atom. The van der Waals surface area contributed by atoms with E-state index in [1.54, 1.807) is 17.5 Å². The number of nitrogens with one attached hydrogen (secondary N) is 1. The first-order valence-corrected chi connectivity index (χ1v) is 7.52. The summed E-state index contributed by atoms with van der Waals surface area (Å²) in [5.74, 6) is 0. The molecule has 2 heterocycles. The van der Waals surface area contributed by atoms with Crippen molar-refractivity contribution in [2.45, 2.75) is 0 Å². The minimum atomic E-state index is -2.81. The lowest BCUT2D eigenvalue weighted by atomic mass is 10.2. The Morgan fingerprint density at radius 2 is 1.90 bits per heavy atom. The fourth-order valence-electron chi connectivity index (χ4n) is 1.26. The molecule has 2 rings (SSSR count). The first-order chi connectivity index (χ1) is 9.44. The van der Waals surface area contributed by atoms with Gasteiger partial charge in [0.25, 0.3) is 0 Å². The summed E-state index contributed by atoms with van der Waals surface area (Å²) in [6.07, 6.45) is 0. The van der Waals surface area contributed by atoms with Crippen molar-refractivity contribution in [3.8, 4) is 11.3 Å². The number of hydrogen-bond acceptors (Lipinski definition) is 6. The maximum Gasteiger partial charge on any atom is 0.362 e. The summed E-state index contributed by atoms with van der Waals surface area (Å²) in [6.45, 7) is 0. The van der Waals surface area contributed by atoms with Gasteiger partial charge in [-0.2, -0.15) is 8.42 Å². The zero-order valence-corrected chi connectivity index (χ0v) is 12.5. The van der Waals surface area contributed by atoms with Gasteiger partial charge < -0.3 is 0 Å². The number of rotatable bonds is 2. The molecule has 20 heavy (non-hydrogen) atoms. The van der Waals surface area contributed by atoms with Crippen molar-refractivity contribution in [1.82, 2.24) is 9.97 Å². The van der Waals surface area contributed by atoms with Crippen LogP contribution in [0.25, 0.3) is 11.3 Å². The number of hydrogen-bond donors (Lipinski definition) is 1. The standard InChI is InChI=1S/C9H4Cl2N4O3S2/c10-6-1-4(2-7(11)13-6)5-3-19-9(12-5)14-8(16)15-20(17)18/h1-3H,(H,12,14,16). The van der Waals surface area contributed by atoms with Crippen molar-refractivity contribution < 1.29 is 13.2 Å². The summed E-state index contributed by atoms with van der Waals surface area (Å²) in [4.78, 5) is 19.0. The summed E-state index contributed by atoms with van der Waals surface area (Å²) < 4.78 is 23.2.